The monoisotopic (exact) mass is 504 g/mol. The molecule has 8 heteroatoms. The Balaban J connectivity index is 1.77. The summed E-state index contributed by atoms with van der Waals surface area (Å²) in [6.07, 6.45) is 1.32. The number of carbonyl (C=O) groups is 2. The topological polar surface area (TPSA) is 100 Å². The first-order chi connectivity index (χ1) is 16.9. The second kappa shape index (κ2) is 12.0. The molecular weight excluding hydrogens is 484 g/mol. The minimum absolute atomic E-state index is 0.0625. The lowest BCUT2D eigenvalue weighted by molar-refractivity contribution is -0.114. The van der Waals surface area contributed by atoms with Crippen molar-refractivity contribution in [3.63, 3.8) is 0 Å². The van der Waals surface area contributed by atoms with Crippen LogP contribution < -0.4 is 4.74 Å². The summed E-state index contributed by atoms with van der Waals surface area (Å²) in [5.41, 5.74) is 2.25. The summed E-state index contributed by atoms with van der Waals surface area (Å²) in [6, 6.07) is 18.3. The highest BCUT2D eigenvalue weighted by atomic mass is 35.5. The fraction of sp³-hybridized carbons (Fsp3) is 0.185. The summed E-state index contributed by atoms with van der Waals surface area (Å²) in [5.74, 6) is -0.400. The molecule has 0 aliphatic heterocycles. The fourth-order valence-electron chi connectivity index (χ4n) is 3.26. The summed E-state index contributed by atoms with van der Waals surface area (Å²) in [7, 11) is 0. The zero-order valence-corrected chi connectivity index (χ0v) is 20.7. The molecule has 1 heterocycles. The molecule has 0 saturated heterocycles. The van der Waals surface area contributed by atoms with E-state index >= 15 is 0 Å². The zero-order chi connectivity index (χ0) is 25.4. The molecule has 0 aliphatic carbocycles. The average molecular weight is 505 g/mol. The van der Waals surface area contributed by atoms with Crippen LogP contribution >= 0.6 is 22.9 Å². The third kappa shape index (κ3) is 6.58. The number of hydrogen-bond donors (Lipinski definition) is 0. The van der Waals surface area contributed by atoms with Gasteiger partial charge in [0.1, 0.15) is 29.4 Å². The molecule has 0 aliphatic rings. The Hall–Kier alpha value is -3.91. The molecule has 0 unspecified atom stereocenters. The standard InChI is InChI=1S/C27H21ClN2O4S/c1-3-33-27(32)26-17(2)23(15-30)25(35-26)13-24(31)20(14-29)11-19-5-4-6-22(12-19)34-16-18-7-9-21(28)10-8-18/h4-12H,3,13,16H2,1-2H3/b20-11+. The number of ketones is 1. The van der Waals surface area contributed by atoms with E-state index in [4.69, 9.17) is 21.1 Å². The Kier molecular flexibility index (Phi) is 8.80. The van der Waals surface area contributed by atoms with Crippen LogP contribution in [0, 0.1) is 29.6 Å². The predicted octanol–water partition coefficient (Wildman–Crippen LogP) is 6.06. The zero-order valence-electron chi connectivity index (χ0n) is 19.1. The number of halogens is 1. The number of benzene rings is 2. The quantitative estimate of drug-likeness (QED) is 0.199. The van der Waals surface area contributed by atoms with Gasteiger partial charge in [0.2, 0.25) is 0 Å². The third-order valence-corrected chi connectivity index (χ3v) is 6.55. The molecule has 0 N–H and O–H groups in total. The molecule has 0 amide bonds. The van der Waals surface area contributed by atoms with Gasteiger partial charge in [-0.15, -0.1) is 11.3 Å². The van der Waals surface area contributed by atoms with Crippen molar-refractivity contribution in [2.45, 2.75) is 26.9 Å². The van der Waals surface area contributed by atoms with Crippen molar-refractivity contribution in [1.82, 2.24) is 0 Å². The molecular formula is C27H21ClN2O4S. The Bertz CT molecular complexity index is 1360. The fourth-order valence-corrected chi connectivity index (χ4v) is 4.53. The van der Waals surface area contributed by atoms with Gasteiger partial charge in [-0.25, -0.2) is 4.79 Å². The van der Waals surface area contributed by atoms with Crippen molar-refractivity contribution < 1.29 is 19.1 Å². The van der Waals surface area contributed by atoms with Crippen molar-refractivity contribution in [2.24, 2.45) is 0 Å². The van der Waals surface area contributed by atoms with Crippen LogP contribution in [0.5, 0.6) is 5.75 Å². The van der Waals surface area contributed by atoms with E-state index < -0.39 is 11.8 Å². The van der Waals surface area contributed by atoms with Crippen molar-refractivity contribution in [2.75, 3.05) is 6.61 Å². The lowest BCUT2D eigenvalue weighted by Gasteiger charge is -2.07. The highest BCUT2D eigenvalue weighted by Crippen LogP contribution is 2.30. The molecule has 35 heavy (non-hydrogen) atoms. The summed E-state index contributed by atoms with van der Waals surface area (Å²) >= 11 is 6.95. The maximum absolute atomic E-state index is 12.9. The van der Waals surface area contributed by atoms with Gasteiger partial charge in [-0.2, -0.15) is 10.5 Å². The molecule has 176 valence electrons. The summed E-state index contributed by atoms with van der Waals surface area (Å²) in [6.45, 7) is 3.88. The Labute approximate surface area is 212 Å². The van der Waals surface area contributed by atoms with Gasteiger partial charge in [-0.05, 0) is 60.9 Å². The summed E-state index contributed by atoms with van der Waals surface area (Å²) < 4.78 is 10.8. The van der Waals surface area contributed by atoms with Gasteiger partial charge in [-0.1, -0.05) is 35.9 Å². The van der Waals surface area contributed by atoms with Gasteiger partial charge in [0, 0.05) is 16.3 Å². The SMILES string of the molecule is CCOC(=O)c1sc(CC(=O)/C(C#N)=C/c2cccc(OCc3ccc(Cl)cc3)c2)c(C#N)c1C. The van der Waals surface area contributed by atoms with Crippen molar-refractivity contribution >= 4 is 40.8 Å². The smallest absolute Gasteiger partial charge is 0.348 e. The molecule has 2 aromatic carbocycles. The maximum atomic E-state index is 12.9. The number of rotatable bonds is 9. The Morgan fingerprint density at radius 3 is 2.54 bits per heavy atom. The largest absolute Gasteiger partial charge is 0.489 e. The summed E-state index contributed by atoms with van der Waals surface area (Å²) in [4.78, 5) is 25.8. The molecule has 1 aromatic heterocycles. The molecule has 0 radical (unpaired) electrons. The van der Waals surface area contributed by atoms with Gasteiger partial charge in [0.15, 0.2) is 5.78 Å². The van der Waals surface area contributed by atoms with E-state index in [1.165, 1.54) is 6.08 Å². The van der Waals surface area contributed by atoms with E-state index in [2.05, 4.69) is 6.07 Å². The molecule has 0 spiro atoms. The minimum Gasteiger partial charge on any atom is -0.489 e. The van der Waals surface area contributed by atoms with E-state index in [1.807, 2.05) is 18.2 Å². The lowest BCUT2D eigenvalue weighted by atomic mass is 10.0. The van der Waals surface area contributed by atoms with Gasteiger partial charge in [0.05, 0.1) is 17.7 Å². The number of Topliss-reactive ketones (excluding diaryl/α,β-unsaturated/α-hetero) is 1. The average Bonchev–Trinajstić information content (AvgIpc) is 3.17. The first-order valence-corrected chi connectivity index (χ1v) is 11.9. The predicted molar refractivity (Wildman–Crippen MR) is 134 cm³/mol. The van der Waals surface area contributed by atoms with E-state index in [0.29, 0.717) is 38.3 Å². The van der Waals surface area contributed by atoms with Crippen molar-refractivity contribution in [3.8, 4) is 17.9 Å². The Morgan fingerprint density at radius 2 is 1.89 bits per heavy atom. The van der Waals surface area contributed by atoms with E-state index in [1.54, 1.807) is 50.2 Å². The van der Waals surface area contributed by atoms with Crippen LogP contribution in [0.15, 0.2) is 54.1 Å². The number of allylic oxidation sites excluding steroid dienone is 1. The van der Waals surface area contributed by atoms with Crippen molar-refractivity contribution in [1.29, 1.82) is 10.5 Å². The number of ether oxygens (including phenoxy) is 2. The molecule has 0 atom stereocenters. The molecule has 3 rings (SSSR count). The number of thiophene rings is 1. The molecule has 3 aromatic rings. The maximum Gasteiger partial charge on any atom is 0.348 e. The van der Waals surface area contributed by atoms with Gasteiger partial charge in [0.25, 0.3) is 0 Å². The van der Waals surface area contributed by atoms with E-state index in [9.17, 15) is 20.1 Å². The van der Waals surface area contributed by atoms with Crippen LogP contribution in [0.2, 0.25) is 5.02 Å². The van der Waals surface area contributed by atoms with Gasteiger partial charge < -0.3 is 9.47 Å². The number of nitriles is 2. The second-order valence-corrected chi connectivity index (χ2v) is 8.99. The molecule has 0 bridgehead atoms. The van der Waals surface area contributed by atoms with Crippen LogP contribution in [0.1, 0.15) is 43.7 Å². The second-order valence-electron chi connectivity index (χ2n) is 7.44. The van der Waals surface area contributed by atoms with Crippen LogP contribution in [0.4, 0.5) is 0 Å². The molecule has 6 nitrogen and oxygen atoms in total. The lowest BCUT2D eigenvalue weighted by Crippen LogP contribution is -2.05. The number of esters is 1. The highest BCUT2D eigenvalue weighted by molar-refractivity contribution is 7.14. The van der Waals surface area contributed by atoms with E-state index in [0.717, 1.165) is 16.9 Å². The van der Waals surface area contributed by atoms with Gasteiger partial charge >= 0.3 is 5.97 Å². The molecule has 0 fully saturated rings. The highest BCUT2D eigenvalue weighted by Gasteiger charge is 2.23. The number of hydrogen-bond acceptors (Lipinski definition) is 7. The van der Waals surface area contributed by atoms with E-state index in [-0.39, 0.29) is 24.2 Å². The Morgan fingerprint density at radius 1 is 1.14 bits per heavy atom. The van der Waals surface area contributed by atoms with Crippen molar-refractivity contribution in [3.05, 3.63) is 91.1 Å². The minimum atomic E-state index is -0.531. The number of carbonyl (C=O) groups excluding carboxylic acids is 2. The number of nitrogens with zero attached hydrogens (tertiary/aromatic N) is 2. The normalized spacial score (nSPS) is 10.8. The van der Waals surface area contributed by atoms with Gasteiger partial charge in [-0.3, -0.25) is 4.79 Å². The first kappa shape index (κ1) is 25.7. The van der Waals surface area contributed by atoms with Crippen LogP contribution in [0.3, 0.4) is 0 Å². The summed E-state index contributed by atoms with van der Waals surface area (Å²) in [5, 5.41) is 19.8. The molecule has 0 saturated carbocycles. The van der Waals surface area contributed by atoms with Crippen LogP contribution in [0.25, 0.3) is 6.08 Å². The van der Waals surface area contributed by atoms with Crippen LogP contribution in [-0.2, 0) is 22.6 Å². The van der Waals surface area contributed by atoms with Crippen LogP contribution in [-0.4, -0.2) is 18.4 Å². The third-order valence-electron chi connectivity index (χ3n) is 5.02. The first-order valence-electron chi connectivity index (χ1n) is 10.7.